The van der Waals surface area contributed by atoms with E-state index in [4.69, 9.17) is 4.74 Å². The summed E-state index contributed by atoms with van der Waals surface area (Å²) in [5, 5.41) is 15.4. The molecule has 8 rings (SSSR count). The SMILES string of the molecule is C=C(C)[C@@H]1C[C@@H](NCCC2(O)CCN(S(C)(=O)=O)CC2)C2CC[C@]3(C)[C@H](CC[C@@H]4[C@@]5(C)CC=C(C6=CC[C@](CF)(C(=O)OCc7ccccc7)CC6)C(C)(C)[C@@H]5CC[C@]43C)[C@H]21. The monoisotopic (exact) mass is 861 g/mol. The van der Waals surface area contributed by atoms with E-state index < -0.39 is 33.7 Å². The highest BCUT2D eigenvalue weighted by Gasteiger charge is 2.69. The summed E-state index contributed by atoms with van der Waals surface area (Å²) in [6.45, 7) is 20.9. The van der Waals surface area contributed by atoms with Gasteiger partial charge in [0.1, 0.15) is 13.3 Å². The number of esters is 1. The van der Waals surface area contributed by atoms with Crippen molar-refractivity contribution in [1.29, 1.82) is 0 Å². The number of aliphatic hydroxyl groups is 1. The van der Waals surface area contributed by atoms with E-state index in [1.165, 1.54) is 65.8 Å². The van der Waals surface area contributed by atoms with Crippen LogP contribution in [0.3, 0.4) is 0 Å². The summed E-state index contributed by atoms with van der Waals surface area (Å²) in [6.07, 6.45) is 19.0. The molecule has 0 aromatic heterocycles. The standard InChI is InChI=1S/C52H77FN2O5S/c1-35(2)39-32-42(54-29-26-52(57)27-30-55(31-28-52)61(8,58)59)38-18-22-49(6)41(45(38)39)14-15-44-48(5)21-19-40(47(3,4)43(48)20-23-50(44,49)7)37-16-24-51(34-53,25-17-37)46(56)60-33-36-12-10-9-11-13-36/h9-13,16,19,38-39,41-45,54,57H,1,14-15,17-18,20-34H2,2-8H3/t38?,39-,41+,42+,43-,44+,45+,48-,49+,50+,51-/m0/s1. The third-order valence-corrected chi connectivity index (χ3v) is 20.9. The molecule has 338 valence electrons. The third kappa shape index (κ3) is 7.67. The van der Waals surface area contributed by atoms with Crippen molar-refractivity contribution in [3.8, 4) is 0 Å². The Balaban J connectivity index is 0.957. The molecular weight excluding hydrogens is 784 g/mol. The number of nitrogens with zero attached hydrogens (tertiary/aromatic N) is 1. The van der Waals surface area contributed by atoms with Gasteiger partial charge < -0.3 is 15.2 Å². The second kappa shape index (κ2) is 16.3. The second-order valence-electron chi connectivity index (χ2n) is 22.8. The first-order valence-corrected chi connectivity index (χ1v) is 25.8. The molecule has 5 fully saturated rings. The van der Waals surface area contributed by atoms with Gasteiger partial charge in [-0.15, -0.1) is 0 Å². The number of sulfonamides is 1. The number of piperidine rings is 1. The lowest BCUT2D eigenvalue weighted by Crippen LogP contribution is -2.64. The largest absolute Gasteiger partial charge is 0.460 e. The van der Waals surface area contributed by atoms with E-state index in [0.717, 1.165) is 24.9 Å². The van der Waals surface area contributed by atoms with Crippen LogP contribution >= 0.6 is 0 Å². The zero-order valence-electron chi connectivity index (χ0n) is 38.5. The summed E-state index contributed by atoms with van der Waals surface area (Å²) < 4.78 is 46.2. The predicted molar refractivity (Wildman–Crippen MR) is 242 cm³/mol. The minimum absolute atomic E-state index is 0.0215. The van der Waals surface area contributed by atoms with Crippen molar-refractivity contribution in [1.82, 2.24) is 9.62 Å². The molecule has 1 aromatic carbocycles. The molecule has 7 nitrogen and oxygen atoms in total. The second-order valence-corrected chi connectivity index (χ2v) is 24.8. The molecule has 1 saturated heterocycles. The molecule has 11 atom stereocenters. The number of hydrogen-bond acceptors (Lipinski definition) is 6. The van der Waals surface area contributed by atoms with Gasteiger partial charge in [-0.1, -0.05) is 89.3 Å². The minimum Gasteiger partial charge on any atom is -0.460 e. The quantitative estimate of drug-likeness (QED) is 0.170. The smallest absolute Gasteiger partial charge is 0.315 e. The van der Waals surface area contributed by atoms with Crippen LogP contribution in [0.2, 0.25) is 0 Å². The lowest BCUT2D eigenvalue weighted by molar-refractivity contribution is -0.217. The molecule has 7 aliphatic rings. The molecule has 0 radical (unpaired) electrons. The maximum Gasteiger partial charge on any atom is 0.315 e. The summed E-state index contributed by atoms with van der Waals surface area (Å²) in [5.74, 6) is 3.18. The number of benzene rings is 1. The Kier molecular flexibility index (Phi) is 12.1. The Morgan fingerprint density at radius 3 is 2.28 bits per heavy atom. The van der Waals surface area contributed by atoms with Crippen LogP contribution in [0.15, 0.2) is 65.8 Å². The third-order valence-electron chi connectivity index (χ3n) is 19.6. The van der Waals surface area contributed by atoms with E-state index in [-0.39, 0.29) is 28.3 Å². The van der Waals surface area contributed by atoms with E-state index in [1.54, 1.807) is 0 Å². The summed E-state index contributed by atoms with van der Waals surface area (Å²) >= 11 is 0. The lowest BCUT2D eigenvalue weighted by Gasteiger charge is -2.71. The Bertz CT molecular complexity index is 2010. The maximum absolute atomic E-state index is 14.8. The normalized spacial score (nSPS) is 40.6. The molecule has 1 heterocycles. The fraction of sp³-hybridized carbons (Fsp3) is 0.750. The number of halogens is 1. The first-order chi connectivity index (χ1) is 28.7. The lowest BCUT2D eigenvalue weighted by atomic mass is 9.33. The van der Waals surface area contributed by atoms with Crippen LogP contribution in [-0.2, 0) is 26.2 Å². The van der Waals surface area contributed by atoms with Gasteiger partial charge in [0.15, 0.2) is 0 Å². The van der Waals surface area contributed by atoms with E-state index in [9.17, 15) is 22.7 Å². The fourth-order valence-electron chi connectivity index (χ4n) is 15.9. The fourth-order valence-corrected chi connectivity index (χ4v) is 16.8. The number of carbonyl (C=O) groups is 1. The average molecular weight is 861 g/mol. The highest BCUT2D eigenvalue weighted by Crippen LogP contribution is 2.76. The highest BCUT2D eigenvalue weighted by atomic mass is 32.2. The van der Waals surface area contributed by atoms with Crippen molar-refractivity contribution in [2.75, 3.05) is 32.6 Å². The van der Waals surface area contributed by atoms with Crippen LogP contribution in [0, 0.1) is 62.6 Å². The van der Waals surface area contributed by atoms with Crippen LogP contribution in [-0.4, -0.2) is 68.0 Å². The number of rotatable bonds is 11. The number of hydrogen-bond donors (Lipinski definition) is 2. The number of alkyl halides is 1. The molecule has 0 bridgehead atoms. The van der Waals surface area contributed by atoms with Crippen molar-refractivity contribution in [2.24, 2.45) is 62.6 Å². The van der Waals surface area contributed by atoms with Crippen LogP contribution in [0.5, 0.6) is 0 Å². The molecular formula is C52H77FN2O5S. The van der Waals surface area contributed by atoms with Gasteiger partial charge in [0.05, 0.1) is 17.3 Å². The van der Waals surface area contributed by atoms with Crippen LogP contribution in [0.4, 0.5) is 4.39 Å². The van der Waals surface area contributed by atoms with Gasteiger partial charge in [0.25, 0.3) is 0 Å². The van der Waals surface area contributed by atoms with E-state index >= 15 is 0 Å². The van der Waals surface area contributed by atoms with Gasteiger partial charge in [-0.2, -0.15) is 0 Å². The molecule has 0 spiro atoms. The maximum atomic E-state index is 14.8. The molecule has 1 aliphatic heterocycles. The molecule has 1 unspecified atom stereocenters. The van der Waals surface area contributed by atoms with Crippen LogP contribution < -0.4 is 5.32 Å². The molecule has 9 heteroatoms. The number of nitrogens with one attached hydrogen (secondary N) is 1. The summed E-state index contributed by atoms with van der Waals surface area (Å²) in [5.41, 5.74) is 3.74. The number of allylic oxidation sites excluding steroid dienone is 5. The highest BCUT2D eigenvalue weighted by molar-refractivity contribution is 7.88. The molecule has 6 aliphatic carbocycles. The van der Waals surface area contributed by atoms with Gasteiger partial charge in [-0.25, -0.2) is 17.1 Å². The van der Waals surface area contributed by atoms with E-state index in [1.807, 2.05) is 30.3 Å². The molecule has 4 saturated carbocycles. The van der Waals surface area contributed by atoms with Crippen LogP contribution in [0.1, 0.15) is 137 Å². The van der Waals surface area contributed by atoms with E-state index in [0.29, 0.717) is 93.2 Å². The topological polar surface area (TPSA) is 95.9 Å². The first kappa shape index (κ1) is 45.2. The zero-order valence-corrected chi connectivity index (χ0v) is 39.4. The van der Waals surface area contributed by atoms with Gasteiger partial charge in [0, 0.05) is 19.1 Å². The number of carbonyl (C=O) groups excluding carboxylic acids is 1. The van der Waals surface area contributed by atoms with E-state index in [2.05, 4.69) is 65.6 Å². The zero-order chi connectivity index (χ0) is 43.8. The molecule has 61 heavy (non-hydrogen) atoms. The van der Waals surface area contributed by atoms with Crippen molar-refractivity contribution in [3.63, 3.8) is 0 Å². The molecule has 1 aromatic rings. The molecule has 2 N–H and O–H groups in total. The minimum atomic E-state index is -3.23. The van der Waals surface area contributed by atoms with Crippen molar-refractivity contribution in [3.05, 3.63) is 71.3 Å². The van der Waals surface area contributed by atoms with Crippen molar-refractivity contribution >= 4 is 16.0 Å². The van der Waals surface area contributed by atoms with Crippen LogP contribution in [0.25, 0.3) is 0 Å². The Labute approximate surface area is 367 Å². The van der Waals surface area contributed by atoms with Gasteiger partial charge in [-0.3, -0.25) is 4.79 Å². The molecule has 0 amide bonds. The summed E-state index contributed by atoms with van der Waals surface area (Å²) in [6, 6.07) is 10.1. The predicted octanol–water partition coefficient (Wildman–Crippen LogP) is 10.4. The van der Waals surface area contributed by atoms with Crippen molar-refractivity contribution in [2.45, 2.75) is 150 Å². The van der Waals surface area contributed by atoms with Gasteiger partial charge in [0.2, 0.25) is 10.0 Å². The van der Waals surface area contributed by atoms with Gasteiger partial charge in [-0.05, 0) is 177 Å². The van der Waals surface area contributed by atoms with Gasteiger partial charge >= 0.3 is 5.97 Å². The Hall–Kier alpha value is -2.33. The average Bonchev–Trinajstić information content (AvgIpc) is 3.59. The van der Waals surface area contributed by atoms with Crippen molar-refractivity contribution < 1.29 is 27.4 Å². The summed E-state index contributed by atoms with van der Waals surface area (Å²) in [4.78, 5) is 13.4. The summed E-state index contributed by atoms with van der Waals surface area (Å²) in [7, 11) is -3.23. The Morgan fingerprint density at radius 1 is 0.934 bits per heavy atom. The number of fused-ring (bicyclic) bond motifs is 7. The first-order valence-electron chi connectivity index (χ1n) is 23.9. The Morgan fingerprint density at radius 2 is 1.64 bits per heavy atom. The number of ether oxygens (including phenoxy) is 1.